The molecule has 5 nitrogen and oxygen atoms in total. The Morgan fingerprint density at radius 2 is 1.62 bits per heavy atom. The Balaban J connectivity index is 0.00000121. The van der Waals surface area contributed by atoms with E-state index in [1.54, 1.807) is 0 Å². The van der Waals surface area contributed by atoms with Crippen LogP contribution in [0.15, 0.2) is 6.07 Å². The SMILES string of the molecule is Cc1nc(C2CC(N)C2)cc(N2CCC(N3CCCCC3)CC2)n1.Cl.Cl. The molecule has 3 fully saturated rings. The van der Waals surface area contributed by atoms with E-state index in [2.05, 4.69) is 20.9 Å². The largest absolute Gasteiger partial charge is 0.356 e. The third-order valence-corrected chi connectivity index (χ3v) is 6.13. The Bertz CT molecular complexity index is 565. The molecule has 2 N–H and O–H groups in total. The first kappa shape index (κ1) is 21.7. The standard InChI is InChI=1S/C19H31N5.2ClH/c1-14-21-18(15-11-16(20)12-15)13-19(22-14)24-9-5-17(6-10-24)23-7-3-2-4-8-23;;/h13,15-17H,2-12,20H2,1H3;2*1H. The van der Waals surface area contributed by atoms with E-state index < -0.39 is 0 Å². The van der Waals surface area contributed by atoms with E-state index in [-0.39, 0.29) is 24.8 Å². The summed E-state index contributed by atoms with van der Waals surface area (Å²) in [6.45, 7) is 6.89. The number of hydrogen-bond acceptors (Lipinski definition) is 5. The second-order valence-electron chi connectivity index (χ2n) is 7.94. The van der Waals surface area contributed by atoms with Crippen LogP contribution in [0.3, 0.4) is 0 Å². The van der Waals surface area contributed by atoms with Crippen LogP contribution in [0.4, 0.5) is 5.82 Å². The third kappa shape index (κ3) is 4.80. The number of aryl methyl sites for hydroxylation is 1. The third-order valence-electron chi connectivity index (χ3n) is 6.13. The summed E-state index contributed by atoms with van der Waals surface area (Å²) in [6.07, 6.45) is 8.89. The lowest BCUT2D eigenvalue weighted by molar-refractivity contribution is 0.141. The topological polar surface area (TPSA) is 58.3 Å². The van der Waals surface area contributed by atoms with E-state index in [0.29, 0.717) is 12.0 Å². The molecule has 4 rings (SSSR count). The van der Waals surface area contributed by atoms with Crippen molar-refractivity contribution in [2.24, 2.45) is 5.73 Å². The molecule has 0 atom stereocenters. The van der Waals surface area contributed by atoms with Gasteiger partial charge in [0.25, 0.3) is 0 Å². The Labute approximate surface area is 169 Å². The lowest BCUT2D eigenvalue weighted by Crippen LogP contribution is -2.47. The fraction of sp³-hybridized carbons (Fsp3) is 0.789. The summed E-state index contributed by atoms with van der Waals surface area (Å²) in [5.74, 6) is 2.59. The van der Waals surface area contributed by atoms with Crippen molar-refractivity contribution in [1.82, 2.24) is 14.9 Å². The van der Waals surface area contributed by atoms with Crippen LogP contribution < -0.4 is 10.6 Å². The maximum Gasteiger partial charge on any atom is 0.132 e. The van der Waals surface area contributed by atoms with Crippen LogP contribution in [0.1, 0.15) is 62.4 Å². The Kier molecular flexibility index (Phi) is 7.95. The molecular weight excluding hydrogens is 369 g/mol. The van der Waals surface area contributed by atoms with Gasteiger partial charge in [0.15, 0.2) is 0 Å². The summed E-state index contributed by atoms with van der Waals surface area (Å²) < 4.78 is 0. The van der Waals surface area contributed by atoms with E-state index in [1.165, 1.54) is 50.9 Å². The zero-order valence-electron chi connectivity index (χ0n) is 15.8. The average molecular weight is 402 g/mol. The number of likely N-dealkylation sites (tertiary alicyclic amines) is 1. The van der Waals surface area contributed by atoms with Crippen molar-refractivity contribution in [3.63, 3.8) is 0 Å². The van der Waals surface area contributed by atoms with Crippen molar-refractivity contribution in [2.75, 3.05) is 31.1 Å². The highest BCUT2D eigenvalue weighted by Gasteiger charge is 2.30. The molecule has 3 aliphatic rings. The second-order valence-corrected chi connectivity index (χ2v) is 7.94. The van der Waals surface area contributed by atoms with Crippen LogP contribution in [-0.4, -0.2) is 53.1 Å². The minimum Gasteiger partial charge on any atom is -0.356 e. The number of aromatic nitrogens is 2. The molecule has 148 valence electrons. The maximum absolute atomic E-state index is 5.95. The van der Waals surface area contributed by atoms with Gasteiger partial charge in [-0.1, -0.05) is 6.42 Å². The molecule has 2 aliphatic heterocycles. The van der Waals surface area contributed by atoms with Gasteiger partial charge >= 0.3 is 0 Å². The maximum atomic E-state index is 5.95. The molecule has 0 unspecified atom stereocenters. The average Bonchev–Trinajstić information content (AvgIpc) is 2.59. The van der Waals surface area contributed by atoms with Crippen LogP contribution >= 0.6 is 24.8 Å². The highest BCUT2D eigenvalue weighted by Crippen LogP contribution is 2.36. The molecule has 1 aromatic heterocycles. The van der Waals surface area contributed by atoms with Crippen molar-refractivity contribution in [2.45, 2.75) is 69.9 Å². The Morgan fingerprint density at radius 1 is 0.962 bits per heavy atom. The van der Waals surface area contributed by atoms with E-state index in [4.69, 9.17) is 10.7 Å². The van der Waals surface area contributed by atoms with Crippen molar-refractivity contribution in [1.29, 1.82) is 0 Å². The monoisotopic (exact) mass is 401 g/mol. The van der Waals surface area contributed by atoms with Gasteiger partial charge in [-0.2, -0.15) is 0 Å². The van der Waals surface area contributed by atoms with E-state index >= 15 is 0 Å². The molecular formula is C19H33Cl2N5. The van der Waals surface area contributed by atoms with Gasteiger partial charge < -0.3 is 15.5 Å². The molecule has 0 spiro atoms. The fourth-order valence-corrected chi connectivity index (χ4v) is 4.59. The smallest absolute Gasteiger partial charge is 0.132 e. The first-order valence-electron chi connectivity index (χ1n) is 9.79. The lowest BCUT2D eigenvalue weighted by atomic mass is 9.78. The highest BCUT2D eigenvalue weighted by molar-refractivity contribution is 5.85. The van der Waals surface area contributed by atoms with Crippen molar-refractivity contribution >= 4 is 30.6 Å². The number of nitrogens with zero attached hydrogens (tertiary/aromatic N) is 4. The summed E-state index contributed by atoms with van der Waals surface area (Å²) in [7, 11) is 0. The minimum atomic E-state index is 0. The molecule has 26 heavy (non-hydrogen) atoms. The zero-order chi connectivity index (χ0) is 16.5. The van der Waals surface area contributed by atoms with Crippen molar-refractivity contribution in [3.8, 4) is 0 Å². The molecule has 0 aromatic carbocycles. The zero-order valence-corrected chi connectivity index (χ0v) is 17.4. The Morgan fingerprint density at radius 3 is 2.23 bits per heavy atom. The van der Waals surface area contributed by atoms with Gasteiger partial charge in [-0.3, -0.25) is 0 Å². The van der Waals surface area contributed by atoms with Gasteiger partial charge in [0.1, 0.15) is 11.6 Å². The van der Waals surface area contributed by atoms with Crippen molar-refractivity contribution < 1.29 is 0 Å². The molecule has 7 heteroatoms. The molecule has 1 saturated carbocycles. The molecule has 0 radical (unpaired) electrons. The Hall–Kier alpha value is -0.620. The van der Waals surface area contributed by atoms with Crippen LogP contribution in [0.5, 0.6) is 0 Å². The summed E-state index contributed by atoms with van der Waals surface area (Å²) in [5.41, 5.74) is 7.16. The normalized spacial score (nSPS) is 27.2. The van der Waals surface area contributed by atoms with Gasteiger partial charge in [-0.15, -0.1) is 24.8 Å². The van der Waals surface area contributed by atoms with Gasteiger partial charge in [0.2, 0.25) is 0 Å². The predicted octanol–water partition coefficient (Wildman–Crippen LogP) is 3.29. The van der Waals surface area contributed by atoms with Crippen LogP contribution in [0.25, 0.3) is 0 Å². The van der Waals surface area contributed by atoms with Gasteiger partial charge in [-0.05, 0) is 58.5 Å². The van der Waals surface area contributed by atoms with Gasteiger partial charge in [0, 0.05) is 42.9 Å². The first-order valence-corrected chi connectivity index (χ1v) is 9.79. The number of rotatable bonds is 3. The quantitative estimate of drug-likeness (QED) is 0.841. The first-order chi connectivity index (χ1) is 11.7. The summed E-state index contributed by atoms with van der Waals surface area (Å²) in [5, 5.41) is 0. The number of anilines is 1. The van der Waals surface area contributed by atoms with E-state index in [1.807, 2.05) is 6.92 Å². The molecule has 3 heterocycles. The summed E-state index contributed by atoms with van der Waals surface area (Å²) >= 11 is 0. The van der Waals surface area contributed by atoms with Gasteiger partial charge in [-0.25, -0.2) is 9.97 Å². The molecule has 0 amide bonds. The number of hydrogen-bond donors (Lipinski definition) is 1. The molecule has 1 aliphatic carbocycles. The van der Waals surface area contributed by atoms with E-state index in [0.717, 1.165) is 43.6 Å². The minimum absolute atomic E-state index is 0. The number of nitrogens with two attached hydrogens (primary N) is 1. The van der Waals surface area contributed by atoms with E-state index in [9.17, 15) is 0 Å². The lowest BCUT2D eigenvalue weighted by Gasteiger charge is -2.40. The number of piperidine rings is 2. The van der Waals surface area contributed by atoms with Crippen LogP contribution in [0, 0.1) is 6.92 Å². The molecule has 0 bridgehead atoms. The van der Waals surface area contributed by atoms with Crippen LogP contribution in [0.2, 0.25) is 0 Å². The second kappa shape index (κ2) is 9.54. The summed E-state index contributed by atoms with van der Waals surface area (Å²) in [4.78, 5) is 14.6. The predicted molar refractivity (Wildman–Crippen MR) is 112 cm³/mol. The number of halogens is 2. The highest BCUT2D eigenvalue weighted by atomic mass is 35.5. The van der Waals surface area contributed by atoms with Crippen molar-refractivity contribution in [3.05, 3.63) is 17.6 Å². The van der Waals surface area contributed by atoms with Gasteiger partial charge in [0.05, 0.1) is 0 Å². The molecule has 1 aromatic rings. The summed E-state index contributed by atoms with van der Waals surface area (Å²) in [6, 6.07) is 3.38. The molecule has 2 saturated heterocycles. The van der Waals surface area contributed by atoms with Crippen LogP contribution in [-0.2, 0) is 0 Å². The fourth-order valence-electron chi connectivity index (χ4n) is 4.59.